The zero-order chi connectivity index (χ0) is 14.0. The normalized spacial score (nSPS) is 22.2. The number of rotatable bonds is 3. The van der Waals surface area contributed by atoms with Crippen LogP contribution in [0.15, 0.2) is 18.2 Å². The van der Waals surface area contributed by atoms with Gasteiger partial charge in [-0.25, -0.2) is 9.18 Å². The van der Waals surface area contributed by atoms with Crippen molar-refractivity contribution in [3.05, 3.63) is 29.6 Å². The molecule has 102 valence electrons. The van der Waals surface area contributed by atoms with E-state index in [9.17, 15) is 14.0 Å². The number of hydrogen-bond acceptors (Lipinski definition) is 3. The average Bonchev–Trinajstić information content (AvgIpc) is 2.78. The first-order chi connectivity index (χ1) is 8.97. The van der Waals surface area contributed by atoms with Crippen LogP contribution in [-0.2, 0) is 4.79 Å². The second-order valence-electron chi connectivity index (χ2n) is 4.75. The van der Waals surface area contributed by atoms with Gasteiger partial charge < -0.3 is 16.2 Å². The van der Waals surface area contributed by atoms with E-state index >= 15 is 0 Å². The Kier molecular flexibility index (Phi) is 3.80. The van der Waals surface area contributed by atoms with Crippen molar-refractivity contribution in [3.63, 3.8) is 0 Å². The lowest BCUT2D eigenvalue weighted by Crippen LogP contribution is -2.24. The van der Waals surface area contributed by atoms with Crippen LogP contribution in [0, 0.1) is 11.7 Å². The van der Waals surface area contributed by atoms with Crippen LogP contribution in [0.3, 0.4) is 0 Å². The highest BCUT2D eigenvalue weighted by Gasteiger charge is 2.28. The van der Waals surface area contributed by atoms with E-state index in [0.717, 1.165) is 18.6 Å². The summed E-state index contributed by atoms with van der Waals surface area (Å²) in [6, 6.07) is 3.27. The lowest BCUT2D eigenvalue weighted by atomic mass is 10.1. The molecule has 0 saturated heterocycles. The zero-order valence-electron chi connectivity index (χ0n) is 10.2. The van der Waals surface area contributed by atoms with Crippen molar-refractivity contribution >= 4 is 17.6 Å². The molecule has 1 fully saturated rings. The highest BCUT2D eigenvalue weighted by atomic mass is 19.1. The first kappa shape index (κ1) is 13.5. The standard InChI is InChI=1S/C13H15FN2O3/c14-8-2-4-11(10(6-8)13(18)19)16-12(17)7-1-3-9(15)5-7/h2,4,6-7,9H,1,3,5,15H2,(H,16,17)(H,18,19). The molecule has 0 spiro atoms. The third kappa shape index (κ3) is 3.08. The third-order valence-electron chi connectivity index (χ3n) is 3.31. The molecule has 1 aromatic carbocycles. The first-order valence-corrected chi connectivity index (χ1v) is 6.06. The topological polar surface area (TPSA) is 92.4 Å². The SMILES string of the molecule is NC1CCC(C(=O)Nc2ccc(F)cc2C(=O)O)C1. The lowest BCUT2D eigenvalue weighted by molar-refractivity contribution is -0.119. The zero-order valence-corrected chi connectivity index (χ0v) is 10.2. The number of carbonyl (C=O) groups excluding carboxylic acids is 1. The van der Waals surface area contributed by atoms with E-state index in [-0.39, 0.29) is 29.1 Å². The summed E-state index contributed by atoms with van der Waals surface area (Å²) in [6.07, 6.45) is 2.07. The fourth-order valence-corrected chi connectivity index (χ4v) is 2.29. The smallest absolute Gasteiger partial charge is 0.337 e. The van der Waals surface area contributed by atoms with Crippen molar-refractivity contribution < 1.29 is 19.1 Å². The maximum Gasteiger partial charge on any atom is 0.337 e. The van der Waals surface area contributed by atoms with Gasteiger partial charge in [0.25, 0.3) is 0 Å². The molecule has 0 aliphatic heterocycles. The van der Waals surface area contributed by atoms with Crippen molar-refractivity contribution in [1.29, 1.82) is 0 Å². The van der Waals surface area contributed by atoms with Crippen LogP contribution in [0.4, 0.5) is 10.1 Å². The van der Waals surface area contributed by atoms with E-state index in [1.165, 1.54) is 6.07 Å². The Morgan fingerprint density at radius 1 is 1.37 bits per heavy atom. The second kappa shape index (κ2) is 5.36. The molecule has 2 atom stereocenters. The van der Waals surface area contributed by atoms with E-state index in [0.29, 0.717) is 12.8 Å². The molecular formula is C13H15FN2O3. The van der Waals surface area contributed by atoms with Crippen molar-refractivity contribution in [1.82, 2.24) is 0 Å². The van der Waals surface area contributed by atoms with Crippen LogP contribution >= 0.6 is 0 Å². The first-order valence-electron chi connectivity index (χ1n) is 6.06. The fraction of sp³-hybridized carbons (Fsp3) is 0.385. The van der Waals surface area contributed by atoms with Gasteiger partial charge >= 0.3 is 5.97 Å². The Bertz CT molecular complexity index is 519. The largest absolute Gasteiger partial charge is 0.478 e. The van der Waals surface area contributed by atoms with Crippen molar-refractivity contribution in [2.24, 2.45) is 11.7 Å². The molecule has 1 saturated carbocycles. The van der Waals surface area contributed by atoms with Crippen LogP contribution < -0.4 is 11.1 Å². The number of anilines is 1. The molecule has 5 nitrogen and oxygen atoms in total. The summed E-state index contributed by atoms with van der Waals surface area (Å²) in [5.74, 6) is -2.40. The predicted octanol–water partition coefficient (Wildman–Crippen LogP) is 1.59. The van der Waals surface area contributed by atoms with Gasteiger partial charge in [-0.1, -0.05) is 0 Å². The molecule has 1 aliphatic carbocycles. The number of nitrogens with one attached hydrogen (secondary N) is 1. The predicted molar refractivity (Wildman–Crippen MR) is 67.3 cm³/mol. The highest BCUT2D eigenvalue weighted by molar-refractivity contribution is 6.01. The summed E-state index contributed by atoms with van der Waals surface area (Å²) in [4.78, 5) is 23.0. The van der Waals surface area contributed by atoms with E-state index < -0.39 is 11.8 Å². The summed E-state index contributed by atoms with van der Waals surface area (Å²) in [6.45, 7) is 0. The van der Waals surface area contributed by atoms with Crippen LogP contribution in [0.5, 0.6) is 0 Å². The monoisotopic (exact) mass is 266 g/mol. The molecule has 1 aliphatic rings. The Labute approximate surface area is 109 Å². The Balaban J connectivity index is 2.14. The third-order valence-corrected chi connectivity index (χ3v) is 3.31. The molecule has 0 aromatic heterocycles. The fourth-order valence-electron chi connectivity index (χ4n) is 2.29. The van der Waals surface area contributed by atoms with E-state index in [1.54, 1.807) is 0 Å². The summed E-state index contributed by atoms with van der Waals surface area (Å²) in [5.41, 5.74) is 5.59. The molecule has 0 bridgehead atoms. The summed E-state index contributed by atoms with van der Waals surface area (Å²) in [7, 11) is 0. The number of hydrogen-bond donors (Lipinski definition) is 3. The molecule has 1 amide bonds. The van der Waals surface area contributed by atoms with Crippen molar-refractivity contribution in [2.75, 3.05) is 5.32 Å². The van der Waals surface area contributed by atoms with Gasteiger partial charge in [0.15, 0.2) is 0 Å². The number of carbonyl (C=O) groups is 2. The number of aromatic carboxylic acids is 1. The summed E-state index contributed by atoms with van der Waals surface area (Å²) >= 11 is 0. The lowest BCUT2D eigenvalue weighted by Gasteiger charge is -2.12. The van der Waals surface area contributed by atoms with Crippen LogP contribution in [0.1, 0.15) is 29.6 Å². The molecule has 2 unspecified atom stereocenters. The highest BCUT2D eigenvalue weighted by Crippen LogP contribution is 2.26. The van der Waals surface area contributed by atoms with Gasteiger partial charge in [-0.15, -0.1) is 0 Å². The quantitative estimate of drug-likeness (QED) is 0.774. The number of nitrogens with two attached hydrogens (primary N) is 1. The van der Waals surface area contributed by atoms with Gasteiger partial charge in [0.2, 0.25) is 5.91 Å². The van der Waals surface area contributed by atoms with E-state index in [2.05, 4.69) is 5.32 Å². The number of amides is 1. The number of benzene rings is 1. The number of carboxylic acids is 1. The minimum absolute atomic E-state index is 0.0166. The van der Waals surface area contributed by atoms with Crippen LogP contribution in [0.2, 0.25) is 0 Å². The molecule has 6 heteroatoms. The minimum atomic E-state index is -1.28. The maximum atomic E-state index is 13.0. The summed E-state index contributed by atoms with van der Waals surface area (Å²) in [5, 5.41) is 11.5. The Morgan fingerprint density at radius 3 is 2.68 bits per heavy atom. The maximum absolute atomic E-state index is 13.0. The van der Waals surface area contributed by atoms with Crippen LogP contribution in [0.25, 0.3) is 0 Å². The van der Waals surface area contributed by atoms with Crippen molar-refractivity contribution in [3.8, 4) is 0 Å². The molecule has 1 aromatic rings. The Morgan fingerprint density at radius 2 is 2.11 bits per heavy atom. The number of carboxylic acid groups (broad SMARTS) is 1. The number of halogens is 1. The van der Waals surface area contributed by atoms with Gasteiger partial charge in [-0.2, -0.15) is 0 Å². The molecular weight excluding hydrogens is 251 g/mol. The average molecular weight is 266 g/mol. The van der Waals surface area contributed by atoms with Gasteiger partial charge in [0, 0.05) is 12.0 Å². The van der Waals surface area contributed by atoms with E-state index in [4.69, 9.17) is 10.8 Å². The van der Waals surface area contributed by atoms with Gasteiger partial charge in [0.1, 0.15) is 5.82 Å². The van der Waals surface area contributed by atoms with Crippen molar-refractivity contribution in [2.45, 2.75) is 25.3 Å². The minimum Gasteiger partial charge on any atom is -0.478 e. The molecule has 0 radical (unpaired) electrons. The van der Waals surface area contributed by atoms with Gasteiger partial charge in [-0.05, 0) is 37.5 Å². The molecule has 0 heterocycles. The second-order valence-corrected chi connectivity index (χ2v) is 4.75. The van der Waals surface area contributed by atoms with E-state index in [1.807, 2.05) is 0 Å². The van der Waals surface area contributed by atoms with Gasteiger partial charge in [0.05, 0.1) is 11.3 Å². The van der Waals surface area contributed by atoms with Crippen LogP contribution in [-0.4, -0.2) is 23.0 Å². The molecule has 4 N–H and O–H groups in total. The molecule has 19 heavy (non-hydrogen) atoms. The Hall–Kier alpha value is -1.95. The molecule has 2 rings (SSSR count). The summed E-state index contributed by atoms with van der Waals surface area (Å²) < 4.78 is 13.0. The van der Waals surface area contributed by atoms with Gasteiger partial charge in [-0.3, -0.25) is 4.79 Å².